The number of benzene rings is 1. The number of carbonyl (C=O) groups is 1. The second-order valence-corrected chi connectivity index (χ2v) is 7.80. The molecule has 1 fully saturated rings. The van der Waals surface area contributed by atoms with Crippen LogP contribution < -0.4 is 10.5 Å². The molecule has 1 saturated heterocycles. The molecule has 0 spiro atoms. The first kappa shape index (κ1) is 24.3. The molecule has 0 bridgehead atoms. The van der Waals surface area contributed by atoms with E-state index in [1.54, 1.807) is 12.0 Å². The summed E-state index contributed by atoms with van der Waals surface area (Å²) < 4.78 is 10.8. The number of amides is 1. The average molecular weight is 504 g/mol. The van der Waals surface area contributed by atoms with E-state index in [0.717, 1.165) is 11.3 Å². The van der Waals surface area contributed by atoms with Gasteiger partial charge in [0.25, 0.3) is 0 Å². The highest BCUT2D eigenvalue weighted by atomic mass is 127. The minimum atomic E-state index is -0.483. The highest BCUT2D eigenvalue weighted by Crippen LogP contribution is 2.26. The van der Waals surface area contributed by atoms with Gasteiger partial charge in [0.2, 0.25) is 0 Å². The lowest BCUT2D eigenvalue weighted by Crippen LogP contribution is -2.53. The largest absolute Gasteiger partial charge is 0.496 e. The van der Waals surface area contributed by atoms with Crippen LogP contribution in [-0.4, -0.2) is 67.3 Å². The molecule has 1 aliphatic rings. The third-order valence-electron chi connectivity index (χ3n) is 4.45. The average Bonchev–Trinajstić information content (AvgIpc) is 2.64. The number of hydrogen-bond donors (Lipinski definition) is 1. The Morgan fingerprint density at radius 2 is 1.75 bits per heavy atom. The van der Waals surface area contributed by atoms with Crippen LogP contribution in [0.5, 0.6) is 5.75 Å². The maximum Gasteiger partial charge on any atom is 0.410 e. The summed E-state index contributed by atoms with van der Waals surface area (Å²) in [5, 5.41) is 0. The standard InChI is InChI=1S/C20H32N4O3.HI/c1-15(16-8-6-7-9-17(16)26-5)14-22-18(21)23-10-12-24(13-11-23)19(25)27-20(2,3)4;/h6-9,15H,10-14H2,1-5H3,(H2,21,22);1H. The number of nitrogens with zero attached hydrogens (tertiary/aromatic N) is 3. The van der Waals surface area contributed by atoms with E-state index < -0.39 is 5.60 Å². The maximum atomic E-state index is 12.1. The summed E-state index contributed by atoms with van der Waals surface area (Å²) in [6, 6.07) is 7.96. The van der Waals surface area contributed by atoms with Crippen LogP contribution in [0.3, 0.4) is 0 Å². The number of methoxy groups -OCH3 is 1. The van der Waals surface area contributed by atoms with Crippen molar-refractivity contribution in [2.45, 2.75) is 39.2 Å². The van der Waals surface area contributed by atoms with Gasteiger partial charge in [-0.2, -0.15) is 0 Å². The van der Waals surface area contributed by atoms with Crippen molar-refractivity contribution >= 4 is 36.0 Å². The van der Waals surface area contributed by atoms with Crippen LogP contribution in [0.2, 0.25) is 0 Å². The molecule has 0 saturated carbocycles. The summed E-state index contributed by atoms with van der Waals surface area (Å²) >= 11 is 0. The number of aliphatic imine (C=N–C) groups is 1. The molecular weight excluding hydrogens is 471 g/mol. The number of piperazine rings is 1. The summed E-state index contributed by atoms with van der Waals surface area (Å²) in [5.41, 5.74) is 6.81. The lowest BCUT2D eigenvalue weighted by Gasteiger charge is -2.36. The molecule has 158 valence electrons. The number of guanidine groups is 1. The van der Waals surface area contributed by atoms with Gasteiger partial charge in [0.15, 0.2) is 5.96 Å². The SMILES string of the molecule is COc1ccccc1C(C)CN=C(N)N1CCN(C(=O)OC(C)(C)C)CC1.I. The Bertz CT molecular complexity index is 668. The van der Waals surface area contributed by atoms with Crippen molar-refractivity contribution in [3.05, 3.63) is 29.8 Å². The first-order valence-electron chi connectivity index (χ1n) is 9.37. The molecule has 2 rings (SSSR count). The molecule has 1 unspecified atom stereocenters. The molecule has 28 heavy (non-hydrogen) atoms. The summed E-state index contributed by atoms with van der Waals surface area (Å²) in [5.74, 6) is 1.58. The highest BCUT2D eigenvalue weighted by molar-refractivity contribution is 14.0. The van der Waals surface area contributed by atoms with Gasteiger partial charge in [-0.25, -0.2) is 4.79 Å². The molecule has 0 radical (unpaired) electrons. The summed E-state index contributed by atoms with van der Waals surface area (Å²) in [6.45, 7) is 10.8. The van der Waals surface area contributed by atoms with Crippen LogP contribution in [-0.2, 0) is 4.74 Å². The molecule has 1 heterocycles. The fourth-order valence-electron chi connectivity index (χ4n) is 2.95. The van der Waals surface area contributed by atoms with E-state index >= 15 is 0 Å². The Morgan fingerprint density at radius 1 is 1.18 bits per heavy atom. The van der Waals surface area contributed by atoms with Crippen molar-refractivity contribution in [1.29, 1.82) is 0 Å². The second kappa shape index (κ2) is 10.7. The van der Waals surface area contributed by atoms with Crippen molar-refractivity contribution in [3.63, 3.8) is 0 Å². The van der Waals surface area contributed by atoms with E-state index in [2.05, 4.69) is 18.0 Å². The van der Waals surface area contributed by atoms with E-state index in [0.29, 0.717) is 38.7 Å². The molecule has 1 amide bonds. The number of nitrogens with two attached hydrogens (primary N) is 1. The zero-order valence-electron chi connectivity index (χ0n) is 17.5. The molecule has 0 aromatic heterocycles. The third kappa shape index (κ3) is 7.03. The third-order valence-corrected chi connectivity index (χ3v) is 4.45. The first-order valence-corrected chi connectivity index (χ1v) is 9.37. The van der Waals surface area contributed by atoms with E-state index in [9.17, 15) is 4.79 Å². The molecule has 8 heteroatoms. The fourth-order valence-corrected chi connectivity index (χ4v) is 2.95. The molecule has 1 atom stereocenters. The van der Waals surface area contributed by atoms with Crippen molar-refractivity contribution in [3.8, 4) is 5.75 Å². The number of ether oxygens (including phenoxy) is 2. The molecule has 0 aliphatic carbocycles. The van der Waals surface area contributed by atoms with Gasteiger partial charge in [-0.1, -0.05) is 25.1 Å². The fraction of sp³-hybridized carbons (Fsp3) is 0.600. The monoisotopic (exact) mass is 504 g/mol. The van der Waals surface area contributed by atoms with Crippen LogP contribution in [0.4, 0.5) is 4.79 Å². The Hall–Kier alpha value is -1.71. The van der Waals surface area contributed by atoms with Gasteiger partial charge in [0, 0.05) is 38.6 Å². The van der Waals surface area contributed by atoms with Crippen LogP contribution in [0.1, 0.15) is 39.2 Å². The molecule has 2 N–H and O–H groups in total. The highest BCUT2D eigenvalue weighted by Gasteiger charge is 2.26. The van der Waals surface area contributed by atoms with Gasteiger partial charge in [-0.15, -0.1) is 24.0 Å². The van der Waals surface area contributed by atoms with Gasteiger partial charge in [-0.05, 0) is 32.4 Å². The van der Waals surface area contributed by atoms with E-state index in [1.165, 1.54) is 0 Å². The van der Waals surface area contributed by atoms with Crippen molar-refractivity contribution < 1.29 is 14.3 Å². The van der Waals surface area contributed by atoms with Gasteiger partial charge in [0.1, 0.15) is 11.4 Å². The van der Waals surface area contributed by atoms with Gasteiger partial charge < -0.3 is 25.0 Å². The molecule has 1 aliphatic heterocycles. The Morgan fingerprint density at radius 3 is 2.32 bits per heavy atom. The molecular formula is C20H33IN4O3. The number of rotatable bonds is 4. The van der Waals surface area contributed by atoms with E-state index in [4.69, 9.17) is 15.2 Å². The summed E-state index contributed by atoms with van der Waals surface area (Å²) in [7, 11) is 1.67. The quantitative estimate of drug-likeness (QED) is 0.387. The van der Waals surface area contributed by atoms with Crippen LogP contribution in [0, 0.1) is 0 Å². The van der Waals surface area contributed by atoms with Gasteiger partial charge >= 0.3 is 6.09 Å². The number of hydrogen-bond acceptors (Lipinski definition) is 4. The van der Waals surface area contributed by atoms with Crippen molar-refractivity contribution in [1.82, 2.24) is 9.80 Å². The molecule has 1 aromatic rings. The van der Waals surface area contributed by atoms with Crippen molar-refractivity contribution in [2.24, 2.45) is 10.7 Å². The first-order chi connectivity index (χ1) is 12.7. The lowest BCUT2D eigenvalue weighted by molar-refractivity contribution is 0.0186. The zero-order chi connectivity index (χ0) is 20.0. The predicted molar refractivity (Wildman–Crippen MR) is 123 cm³/mol. The van der Waals surface area contributed by atoms with E-state index in [1.807, 2.05) is 43.9 Å². The topological polar surface area (TPSA) is 80.4 Å². The number of halogens is 1. The van der Waals surface area contributed by atoms with Crippen molar-refractivity contribution in [2.75, 3.05) is 39.8 Å². The van der Waals surface area contributed by atoms with Gasteiger partial charge in [0.05, 0.1) is 7.11 Å². The molecule has 1 aromatic carbocycles. The van der Waals surface area contributed by atoms with Crippen LogP contribution in [0.25, 0.3) is 0 Å². The second-order valence-electron chi connectivity index (χ2n) is 7.80. The Balaban J connectivity index is 0.00000392. The number of carbonyl (C=O) groups excluding carboxylic acids is 1. The maximum absolute atomic E-state index is 12.1. The van der Waals surface area contributed by atoms with Gasteiger partial charge in [-0.3, -0.25) is 4.99 Å². The molecule has 7 nitrogen and oxygen atoms in total. The Labute approximate surface area is 185 Å². The lowest BCUT2D eigenvalue weighted by atomic mass is 10.0. The normalized spacial score (nSPS) is 16.2. The van der Waals surface area contributed by atoms with E-state index in [-0.39, 0.29) is 36.0 Å². The smallest absolute Gasteiger partial charge is 0.410 e. The Kier molecular flexibility index (Phi) is 9.32. The zero-order valence-corrected chi connectivity index (χ0v) is 19.8. The minimum Gasteiger partial charge on any atom is -0.496 e. The minimum absolute atomic E-state index is 0. The number of para-hydroxylation sites is 1. The predicted octanol–water partition coefficient (Wildman–Crippen LogP) is 3.28. The summed E-state index contributed by atoms with van der Waals surface area (Å²) in [6.07, 6.45) is -0.276. The van der Waals surface area contributed by atoms with Crippen LogP contribution >= 0.6 is 24.0 Å². The van der Waals surface area contributed by atoms with Crippen LogP contribution in [0.15, 0.2) is 29.3 Å². The summed E-state index contributed by atoms with van der Waals surface area (Å²) in [4.78, 5) is 20.4.